The summed E-state index contributed by atoms with van der Waals surface area (Å²) in [4.78, 5) is 12.7. The van der Waals surface area contributed by atoms with Crippen molar-refractivity contribution in [2.75, 3.05) is 43.4 Å². The summed E-state index contributed by atoms with van der Waals surface area (Å²) in [5.74, 6) is -2.73. The summed E-state index contributed by atoms with van der Waals surface area (Å²) < 4.78 is 95.6. The number of nitrogens with zero attached hydrogens (tertiary/aromatic N) is 5. The van der Waals surface area contributed by atoms with Crippen LogP contribution in [0.2, 0.25) is 0 Å². The summed E-state index contributed by atoms with van der Waals surface area (Å²) in [7, 11) is 0. The SMILES string of the molecule is N#Cc1c(N)sc2c(F)ccc(-c3c(F)cc4c(N5C[C@@H]6CC[C@](C=C(F)F)(C5)N6)nc(OCC56CCCN5C[C@H](F)C6)nc4c3F)c12. The van der Waals surface area contributed by atoms with Gasteiger partial charge in [0, 0.05) is 48.9 Å². The minimum atomic E-state index is -1.84. The van der Waals surface area contributed by atoms with Crippen LogP contribution in [0.3, 0.4) is 0 Å². The Bertz CT molecular complexity index is 2060. The van der Waals surface area contributed by atoms with E-state index in [1.165, 1.54) is 6.07 Å². The van der Waals surface area contributed by atoms with E-state index in [2.05, 4.69) is 15.3 Å². The number of hydrogen-bond acceptors (Lipinski definition) is 9. The highest BCUT2D eigenvalue weighted by atomic mass is 32.1. The molecule has 0 radical (unpaired) electrons. The van der Waals surface area contributed by atoms with Crippen molar-refractivity contribution >= 4 is 43.1 Å². The molecule has 4 saturated heterocycles. The van der Waals surface area contributed by atoms with E-state index < -0.39 is 46.3 Å². The molecule has 48 heavy (non-hydrogen) atoms. The van der Waals surface area contributed by atoms with Gasteiger partial charge in [0.1, 0.15) is 46.8 Å². The van der Waals surface area contributed by atoms with E-state index in [4.69, 9.17) is 10.5 Å². The average Bonchev–Trinajstić information content (AvgIpc) is 3.75. The zero-order valence-electron chi connectivity index (χ0n) is 25.4. The van der Waals surface area contributed by atoms with E-state index >= 15 is 8.78 Å². The number of nitriles is 1. The first-order valence-corrected chi connectivity index (χ1v) is 16.5. The number of halogens is 6. The Morgan fingerprint density at radius 3 is 2.81 bits per heavy atom. The number of anilines is 2. The van der Waals surface area contributed by atoms with E-state index in [-0.39, 0.29) is 81.1 Å². The molecule has 8 nitrogen and oxygen atoms in total. The molecule has 0 aliphatic carbocycles. The van der Waals surface area contributed by atoms with Gasteiger partial charge in [-0.3, -0.25) is 4.90 Å². The second-order valence-corrected chi connectivity index (χ2v) is 14.3. The maximum Gasteiger partial charge on any atom is 0.319 e. The van der Waals surface area contributed by atoms with Gasteiger partial charge >= 0.3 is 6.01 Å². The second-order valence-electron chi connectivity index (χ2n) is 13.2. The number of alkyl halides is 1. The lowest BCUT2D eigenvalue weighted by Gasteiger charge is -2.40. The van der Waals surface area contributed by atoms with Crippen LogP contribution in [0.5, 0.6) is 6.01 Å². The van der Waals surface area contributed by atoms with Crippen LogP contribution in [0.1, 0.15) is 37.7 Å². The summed E-state index contributed by atoms with van der Waals surface area (Å²) in [6.45, 7) is 1.40. The average molecular weight is 686 g/mol. The number of benzene rings is 2. The van der Waals surface area contributed by atoms with Crippen LogP contribution in [0.25, 0.3) is 32.1 Å². The van der Waals surface area contributed by atoms with Gasteiger partial charge in [0.2, 0.25) is 0 Å². The number of fused-ring (bicyclic) bond motifs is 5. The third kappa shape index (κ3) is 4.87. The summed E-state index contributed by atoms with van der Waals surface area (Å²) in [5.41, 5.74) is 3.29. The largest absolute Gasteiger partial charge is 0.461 e. The molecule has 0 amide bonds. The normalized spacial score (nSPS) is 26.7. The molecule has 2 aromatic carbocycles. The monoisotopic (exact) mass is 685 g/mol. The van der Waals surface area contributed by atoms with Crippen LogP contribution in [0.4, 0.5) is 37.2 Å². The van der Waals surface area contributed by atoms with Crippen LogP contribution in [0.15, 0.2) is 30.4 Å². The van der Waals surface area contributed by atoms with Crippen molar-refractivity contribution < 1.29 is 31.1 Å². The highest BCUT2D eigenvalue weighted by Crippen LogP contribution is 2.45. The van der Waals surface area contributed by atoms with Gasteiger partial charge in [0.05, 0.1) is 26.9 Å². The number of thiophene rings is 1. The van der Waals surface area contributed by atoms with Gasteiger partial charge in [-0.1, -0.05) is 6.07 Å². The topological polar surface area (TPSA) is 103 Å². The summed E-state index contributed by atoms with van der Waals surface area (Å²) in [6.07, 6.45) is 0.885. The predicted octanol–water partition coefficient (Wildman–Crippen LogP) is 6.43. The lowest BCUT2D eigenvalue weighted by molar-refractivity contribution is 0.107. The van der Waals surface area contributed by atoms with E-state index in [0.29, 0.717) is 25.8 Å². The van der Waals surface area contributed by atoms with Crippen LogP contribution < -0.4 is 20.7 Å². The zero-order valence-corrected chi connectivity index (χ0v) is 26.2. The smallest absolute Gasteiger partial charge is 0.319 e. The van der Waals surface area contributed by atoms with Crippen LogP contribution in [-0.4, -0.2) is 70.9 Å². The molecular formula is C33H29F6N7OS. The number of nitrogen functional groups attached to an aromatic ring is 1. The number of ether oxygens (including phenoxy) is 1. The molecule has 4 atom stereocenters. The number of hydrogen-bond donors (Lipinski definition) is 2. The first kappa shape index (κ1) is 31.2. The van der Waals surface area contributed by atoms with Crippen molar-refractivity contribution in [1.29, 1.82) is 5.26 Å². The molecule has 4 aliphatic heterocycles. The van der Waals surface area contributed by atoms with Gasteiger partial charge in [-0.2, -0.15) is 24.0 Å². The third-order valence-electron chi connectivity index (χ3n) is 10.3. The molecule has 1 unspecified atom stereocenters. The van der Waals surface area contributed by atoms with Crippen molar-refractivity contribution in [3.63, 3.8) is 0 Å². The standard InChI is InChI=1S/C33H29F6N7OS/c34-16-9-33(5-1-7-46(33)12-16)15-47-31-42-27-19(30(43-31)45-13-17-4-6-32(14-45,44-17)10-23(37)38)8-22(36)25(26(27)39)18-2-3-21(35)28-24(18)20(11-40)29(41)48-28/h2-3,8,10,16-17,44H,1,4-7,9,12-15,41H2/t16-,17+,32+,33?/m1/s1. The minimum absolute atomic E-state index is 0.00421. The highest BCUT2D eigenvalue weighted by molar-refractivity contribution is 7.23. The first-order valence-electron chi connectivity index (χ1n) is 15.7. The van der Waals surface area contributed by atoms with Gasteiger partial charge < -0.3 is 20.7 Å². The highest BCUT2D eigenvalue weighted by Gasteiger charge is 2.50. The molecule has 250 valence electrons. The molecule has 8 rings (SSSR count). The molecular weight excluding hydrogens is 656 g/mol. The first-order chi connectivity index (χ1) is 23.0. The van der Waals surface area contributed by atoms with Crippen molar-refractivity contribution in [1.82, 2.24) is 20.2 Å². The Balaban J connectivity index is 1.30. The van der Waals surface area contributed by atoms with E-state index in [1.807, 2.05) is 11.0 Å². The van der Waals surface area contributed by atoms with Gasteiger partial charge in [0.15, 0.2) is 5.82 Å². The number of nitrogens with two attached hydrogens (primary N) is 1. The van der Waals surface area contributed by atoms with Crippen molar-refractivity contribution in [2.45, 2.75) is 55.4 Å². The number of aromatic nitrogens is 2. The maximum absolute atomic E-state index is 16.8. The van der Waals surface area contributed by atoms with Gasteiger partial charge in [-0.25, -0.2) is 17.6 Å². The van der Waals surface area contributed by atoms with Gasteiger partial charge in [-0.15, -0.1) is 11.3 Å². The van der Waals surface area contributed by atoms with Gasteiger partial charge in [-0.05, 0) is 49.9 Å². The Hall–Kier alpha value is -4.13. The van der Waals surface area contributed by atoms with E-state index in [1.54, 1.807) is 4.90 Å². The van der Waals surface area contributed by atoms with Crippen LogP contribution in [-0.2, 0) is 0 Å². The quantitative estimate of drug-likeness (QED) is 0.224. The third-order valence-corrected chi connectivity index (χ3v) is 11.3. The fourth-order valence-electron chi connectivity index (χ4n) is 8.31. The lowest BCUT2D eigenvalue weighted by atomic mass is 9.95. The van der Waals surface area contributed by atoms with Crippen LogP contribution >= 0.6 is 11.3 Å². The molecule has 0 saturated carbocycles. The summed E-state index contributed by atoms with van der Waals surface area (Å²) in [6, 6.07) is 4.80. The number of piperazine rings is 1. The summed E-state index contributed by atoms with van der Waals surface area (Å²) >= 11 is 0.802. The maximum atomic E-state index is 16.8. The molecule has 4 fully saturated rings. The van der Waals surface area contributed by atoms with E-state index in [0.717, 1.165) is 42.5 Å². The molecule has 2 aromatic heterocycles. The number of rotatable bonds is 6. The predicted molar refractivity (Wildman–Crippen MR) is 169 cm³/mol. The van der Waals surface area contributed by atoms with Crippen molar-refractivity contribution in [3.8, 4) is 23.2 Å². The van der Waals surface area contributed by atoms with Crippen molar-refractivity contribution in [2.24, 2.45) is 0 Å². The Morgan fingerprint density at radius 2 is 2.02 bits per heavy atom. The van der Waals surface area contributed by atoms with Crippen LogP contribution in [0, 0.1) is 28.8 Å². The molecule has 15 heteroatoms. The van der Waals surface area contributed by atoms with Gasteiger partial charge in [0.25, 0.3) is 6.08 Å². The molecule has 2 bridgehead atoms. The number of nitrogens with one attached hydrogen (secondary N) is 1. The molecule has 4 aromatic rings. The molecule has 3 N–H and O–H groups in total. The molecule has 0 spiro atoms. The lowest BCUT2D eigenvalue weighted by Crippen LogP contribution is -2.59. The Labute approximate surface area is 274 Å². The fraction of sp³-hybridized carbons (Fsp3) is 0.424. The molecule has 4 aliphatic rings. The summed E-state index contributed by atoms with van der Waals surface area (Å²) in [5, 5.41) is 13.0. The second kappa shape index (κ2) is 11.2. The zero-order chi connectivity index (χ0) is 33.5. The van der Waals surface area contributed by atoms with E-state index in [9.17, 15) is 22.8 Å². The Morgan fingerprint density at radius 1 is 1.19 bits per heavy atom. The molecule has 6 heterocycles. The fourth-order valence-corrected chi connectivity index (χ4v) is 9.26. The Kier molecular flexibility index (Phi) is 7.28. The minimum Gasteiger partial charge on any atom is -0.461 e. The van der Waals surface area contributed by atoms with Crippen molar-refractivity contribution in [3.05, 3.63) is 53.4 Å².